The Hall–Kier alpha value is -0.820. The molecule has 3 unspecified atom stereocenters. The van der Waals surface area contributed by atoms with E-state index in [1.54, 1.807) is 0 Å². The van der Waals surface area contributed by atoms with Crippen LogP contribution in [0.3, 0.4) is 0 Å². The lowest BCUT2D eigenvalue weighted by atomic mass is 10.1. The first-order valence-corrected chi connectivity index (χ1v) is 9.97. The van der Waals surface area contributed by atoms with Gasteiger partial charge in [0.15, 0.2) is 5.96 Å². The van der Waals surface area contributed by atoms with E-state index in [4.69, 9.17) is 9.73 Å². The largest absolute Gasteiger partial charge is 0.376 e. The van der Waals surface area contributed by atoms with Crippen molar-refractivity contribution in [2.45, 2.75) is 52.2 Å². The molecule has 0 amide bonds. The van der Waals surface area contributed by atoms with E-state index in [0.29, 0.717) is 18.6 Å². The summed E-state index contributed by atoms with van der Waals surface area (Å²) in [4.78, 5) is 7.17. The van der Waals surface area contributed by atoms with Gasteiger partial charge < -0.3 is 15.0 Å². The molecule has 0 aromatic heterocycles. The third kappa shape index (κ3) is 6.41. The van der Waals surface area contributed by atoms with Crippen LogP contribution in [0.1, 0.15) is 45.1 Å². The van der Waals surface area contributed by atoms with Gasteiger partial charge in [-0.1, -0.05) is 43.7 Å². The predicted octanol–water partition coefficient (Wildman–Crippen LogP) is 4.30. The van der Waals surface area contributed by atoms with Crippen molar-refractivity contribution in [3.8, 4) is 0 Å². The van der Waals surface area contributed by atoms with Crippen molar-refractivity contribution in [3.63, 3.8) is 0 Å². The maximum atomic E-state index is 5.95. The summed E-state index contributed by atoms with van der Waals surface area (Å²) >= 11 is 0. The molecule has 26 heavy (non-hydrogen) atoms. The van der Waals surface area contributed by atoms with Gasteiger partial charge in [0.1, 0.15) is 0 Å². The Bertz CT molecular complexity index is 551. The number of benzene rings is 1. The van der Waals surface area contributed by atoms with Gasteiger partial charge in [0, 0.05) is 31.6 Å². The van der Waals surface area contributed by atoms with E-state index in [9.17, 15) is 0 Å². The molecule has 1 N–H and O–H groups in total. The molecule has 3 rings (SSSR count). The highest BCUT2D eigenvalue weighted by molar-refractivity contribution is 14.0. The standard InChI is InChI=1S/C21H33N3O.HI/c1-3-8-19-13-20(19)23-21(22-4-2)24-12-11-18(14-24)16-25-15-17-9-6-5-7-10-17;/h5-7,9-10,18-20H,3-4,8,11-16H2,1-2H3,(H,22,23);1H. The van der Waals surface area contributed by atoms with Crippen molar-refractivity contribution in [2.75, 3.05) is 26.2 Å². The van der Waals surface area contributed by atoms with Crippen LogP contribution in [0.15, 0.2) is 35.3 Å². The van der Waals surface area contributed by atoms with Crippen LogP contribution in [-0.2, 0) is 11.3 Å². The second kappa shape index (κ2) is 11.1. The summed E-state index contributed by atoms with van der Waals surface area (Å²) in [6.07, 6.45) is 5.14. The molecule has 1 aromatic rings. The van der Waals surface area contributed by atoms with Crippen LogP contribution in [0.2, 0.25) is 0 Å². The molecule has 146 valence electrons. The Kier molecular flexibility index (Phi) is 9.19. The van der Waals surface area contributed by atoms with Crippen molar-refractivity contribution in [2.24, 2.45) is 16.8 Å². The number of aliphatic imine (C=N–C) groups is 1. The monoisotopic (exact) mass is 471 g/mol. The molecule has 2 aliphatic rings. The fourth-order valence-electron chi connectivity index (χ4n) is 3.75. The lowest BCUT2D eigenvalue weighted by Gasteiger charge is -2.22. The summed E-state index contributed by atoms with van der Waals surface area (Å²) in [5.74, 6) is 2.59. The molecule has 1 saturated heterocycles. The molecule has 0 spiro atoms. The summed E-state index contributed by atoms with van der Waals surface area (Å²) in [5, 5.41) is 3.71. The van der Waals surface area contributed by atoms with Gasteiger partial charge >= 0.3 is 0 Å². The van der Waals surface area contributed by atoms with Crippen molar-refractivity contribution in [1.29, 1.82) is 0 Å². The minimum absolute atomic E-state index is 0. The molecule has 1 saturated carbocycles. The summed E-state index contributed by atoms with van der Waals surface area (Å²) in [6, 6.07) is 11.1. The van der Waals surface area contributed by atoms with Crippen LogP contribution in [0.4, 0.5) is 0 Å². The van der Waals surface area contributed by atoms with Crippen LogP contribution in [0.25, 0.3) is 0 Å². The molecule has 5 heteroatoms. The topological polar surface area (TPSA) is 36.9 Å². The van der Waals surface area contributed by atoms with E-state index in [-0.39, 0.29) is 24.0 Å². The number of nitrogens with one attached hydrogen (secondary N) is 1. The Morgan fingerprint density at radius 3 is 2.81 bits per heavy atom. The van der Waals surface area contributed by atoms with Gasteiger partial charge in [-0.25, -0.2) is 0 Å². The maximum Gasteiger partial charge on any atom is 0.194 e. The van der Waals surface area contributed by atoms with Crippen LogP contribution in [0.5, 0.6) is 0 Å². The first kappa shape index (κ1) is 21.5. The van der Waals surface area contributed by atoms with Crippen molar-refractivity contribution in [1.82, 2.24) is 10.2 Å². The van der Waals surface area contributed by atoms with Crippen molar-refractivity contribution in [3.05, 3.63) is 35.9 Å². The second-order valence-corrected chi connectivity index (χ2v) is 7.43. The fourth-order valence-corrected chi connectivity index (χ4v) is 3.75. The Morgan fingerprint density at radius 2 is 2.08 bits per heavy atom. The first-order valence-electron chi connectivity index (χ1n) is 9.97. The van der Waals surface area contributed by atoms with Gasteiger partial charge in [0.25, 0.3) is 0 Å². The lowest BCUT2D eigenvalue weighted by molar-refractivity contribution is 0.0906. The molecule has 1 aliphatic heterocycles. The third-order valence-electron chi connectivity index (χ3n) is 5.25. The second-order valence-electron chi connectivity index (χ2n) is 7.43. The normalized spacial score (nSPS) is 25.1. The number of nitrogens with zero attached hydrogens (tertiary/aromatic N) is 2. The minimum atomic E-state index is 0. The van der Waals surface area contributed by atoms with E-state index in [1.165, 1.54) is 31.2 Å². The molecule has 3 atom stereocenters. The van der Waals surface area contributed by atoms with E-state index >= 15 is 0 Å². The molecule has 0 bridgehead atoms. The van der Waals surface area contributed by atoms with Gasteiger partial charge in [-0.15, -0.1) is 24.0 Å². The van der Waals surface area contributed by atoms with E-state index in [2.05, 4.69) is 48.3 Å². The zero-order chi connectivity index (χ0) is 17.5. The Morgan fingerprint density at radius 1 is 1.27 bits per heavy atom. The number of rotatable bonds is 8. The number of hydrogen-bond acceptors (Lipinski definition) is 2. The lowest BCUT2D eigenvalue weighted by Crippen LogP contribution is -2.42. The first-order chi connectivity index (χ1) is 12.3. The van der Waals surface area contributed by atoms with Gasteiger partial charge in [-0.3, -0.25) is 4.99 Å². The highest BCUT2D eigenvalue weighted by Gasteiger charge is 2.38. The average Bonchev–Trinajstić information content (AvgIpc) is 3.18. The van der Waals surface area contributed by atoms with E-state index in [1.807, 2.05) is 6.07 Å². The zero-order valence-corrected chi connectivity index (χ0v) is 18.5. The fraction of sp³-hybridized carbons (Fsp3) is 0.667. The van der Waals surface area contributed by atoms with E-state index < -0.39 is 0 Å². The average molecular weight is 471 g/mol. The molecular formula is C21H34IN3O. The van der Waals surface area contributed by atoms with Gasteiger partial charge in [-0.2, -0.15) is 0 Å². The zero-order valence-electron chi connectivity index (χ0n) is 16.2. The Labute approximate surface area is 175 Å². The predicted molar refractivity (Wildman–Crippen MR) is 119 cm³/mol. The van der Waals surface area contributed by atoms with Crippen LogP contribution in [-0.4, -0.2) is 43.1 Å². The van der Waals surface area contributed by atoms with Crippen LogP contribution in [0, 0.1) is 11.8 Å². The molecule has 1 heterocycles. The minimum Gasteiger partial charge on any atom is -0.376 e. The summed E-state index contributed by atoms with van der Waals surface area (Å²) in [6.45, 7) is 8.95. The van der Waals surface area contributed by atoms with E-state index in [0.717, 1.165) is 38.1 Å². The molecule has 0 radical (unpaired) electrons. The SMILES string of the molecule is CCCC1CC1NC(=NCC)N1CCC(COCc2ccccc2)C1.I. The summed E-state index contributed by atoms with van der Waals surface area (Å²) in [5.41, 5.74) is 1.25. The number of hydrogen-bond donors (Lipinski definition) is 1. The van der Waals surface area contributed by atoms with Gasteiger partial charge in [-0.05, 0) is 37.7 Å². The summed E-state index contributed by atoms with van der Waals surface area (Å²) < 4.78 is 5.95. The van der Waals surface area contributed by atoms with Gasteiger partial charge in [0.05, 0.1) is 13.2 Å². The summed E-state index contributed by atoms with van der Waals surface area (Å²) in [7, 11) is 0. The highest BCUT2D eigenvalue weighted by atomic mass is 127. The van der Waals surface area contributed by atoms with Crippen LogP contribution >= 0.6 is 24.0 Å². The van der Waals surface area contributed by atoms with Crippen LogP contribution < -0.4 is 5.32 Å². The quantitative estimate of drug-likeness (QED) is 0.349. The Balaban J connectivity index is 0.00000243. The number of likely N-dealkylation sites (tertiary alicyclic amines) is 1. The third-order valence-corrected chi connectivity index (χ3v) is 5.25. The molecule has 4 nitrogen and oxygen atoms in total. The number of halogens is 1. The number of ether oxygens (including phenoxy) is 1. The molecule has 1 aliphatic carbocycles. The smallest absolute Gasteiger partial charge is 0.194 e. The number of guanidine groups is 1. The maximum absolute atomic E-state index is 5.95. The van der Waals surface area contributed by atoms with Crippen molar-refractivity contribution < 1.29 is 4.74 Å². The van der Waals surface area contributed by atoms with Gasteiger partial charge in [0.2, 0.25) is 0 Å². The van der Waals surface area contributed by atoms with Crippen molar-refractivity contribution >= 4 is 29.9 Å². The molecular weight excluding hydrogens is 437 g/mol. The molecule has 2 fully saturated rings. The highest BCUT2D eigenvalue weighted by Crippen LogP contribution is 2.34. The molecule has 1 aromatic carbocycles.